The minimum atomic E-state index is -5.00. The fraction of sp³-hybridized carbons (Fsp3) is 0.276. The Balaban J connectivity index is 0.000000229. The van der Waals surface area contributed by atoms with Gasteiger partial charge in [0.25, 0.3) is 0 Å². The summed E-state index contributed by atoms with van der Waals surface area (Å²) < 4.78 is 291. The Hall–Kier alpha value is -12.7. The number of alkyl halides is 18. The van der Waals surface area contributed by atoms with Gasteiger partial charge in [-0.3, -0.25) is 0 Å². The number of halogens is 18. The first-order valence-corrected chi connectivity index (χ1v) is 36.8. The van der Waals surface area contributed by atoms with E-state index in [0.29, 0.717) is 28.9 Å². The first kappa shape index (κ1) is 95.7. The monoisotopic (exact) mass is 1750 g/mol. The van der Waals surface area contributed by atoms with Crippen molar-refractivity contribution in [2.45, 2.75) is 93.1 Å². The molecule has 0 aliphatic rings. The van der Waals surface area contributed by atoms with Crippen molar-refractivity contribution in [1.29, 1.82) is 0 Å². The Labute approximate surface area is 692 Å². The summed E-state index contributed by atoms with van der Waals surface area (Å²) in [6.45, 7) is 1.04. The predicted molar refractivity (Wildman–Crippen MR) is 410 cm³/mol. The maximum atomic E-state index is 13.1. The highest BCUT2D eigenvalue weighted by Crippen LogP contribution is 2.45. The van der Waals surface area contributed by atoms with Crippen molar-refractivity contribution >= 4 is 18.3 Å². The average molecular weight is 1750 g/mol. The molecule has 0 spiro atoms. The Bertz CT molecular complexity index is 4790. The zero-order chi connectivity index (χ0) is 89.7. The second kappa shape index (κ2) is 43.2. The number of carbonyl (C=O) groups is 3. The Morgan fingerprint density at radius 3 is 0.789 bits per heavy atom. The fourth-order valence-electron chi connectivity index (χ4n) is 12.9. The normalized spacial score (nSPS) is 12.3. The SMILES string of the molecule is COC(C)CCOC(=O)NCC(Cc1ccccc1)(c1cccc(OC(F)(F)F)c1)c1cccc(OC(F)(F)F)c1.COCCOC(=O)NCC(Cc1ccccc1)(c1cccc(OC(F)(F)F)c1)c1cccc(OC(F)(F)F)c1.COc1ccc(OC(=O)NCC(Cc2ccccc2)(c2cccc(OC(F)(F)F)c2)c2cccc(OC(F)(F)F)c2)cc1. The third-order valence-corrected chi connectivity index (χ3v) is 18.3. The highest BCUT2D eigenvalue weighted by atomic mass is 19.4. The molecule has 0 fully saturated rings. The minimum Gasteiger partial charge on any atom is -0.497 e. The molecule has 658 valence electrons. The molecular weight excluding hydrogens is 1670 g/mol. The van der Waals surface area contributed by atoms with Gasteiger partial charge < -0.3 is 72.8 Å². The van der Waals surface area contributed by atoms with Gasteiger partial charge in [0.2, 0.25) is 0 Å². The van der Waals surface area contributed by atoms with Crippen molar-refractivity contribution in [2.24, 2.45) is 0 Å². The Morgan fingerprint density at radius 1 is 0.293 bits per heavy atom. The molecule has 0 saturated carbocycles. The van der Waals surface area contributed by atoms with E-state index >= 15 is 0 Å². The summed E-state index contributed by atoms with van der Waals surface area (Å²) in [7, 11) is 4.40. The Kier molecular flexibility index (Phi) is 33.6. The smallest absolute Gasteiger partial charge is 0.497 e. The molecule has 0 aliphatic carbocycles. The van der Waals surface area contributed by atoms with E-state index in [-0.39, 0.29) is 104 Å². The molecule has 0 bridgehead atoms. The van der Waals surface area contributed by atoms with Crippen molar-refractivity contribution < 1.29 is 150 Å². The molecule has 0 radical (unpaired) electrons. The molecular formula is C87H79F18N3O15. The van der Waals surface area contributed by atoms with Crippen LogP contribution in [0.15, 0.2) is 261 Å². The number of alkyl carbamates (subject to hydrolysis) is 2. The van der Waals surface area contributed by atoms with E-state index in [1.807, 2.05) is 0 Å². The summed E-state index contributed by atoms with van der Waals surface area (Å²) in [5.41, 5.74) is -0.789. The second-order valence-electron chi connectivity index (χ2n) is 26.9. The predicted octanol–water partition coefficient (Wildman–Crippen LogP) is 21.4. The molecule has 0 saturated heterocycles. The number of nitrogens with one attached hydrogen (secondary N) is 3. The van der Waals surface area contributed by atoms with E-state index in [0.717, 1.165) is 72.8 Å². The van der Waals surface area contributed by atoms with Gasteiger partial charge in [0, 0.05) is 56.5 Å². The number of ether oxygens (including phenoxy) is 12. The molecule has 3 N–H and O–H groups in total. The highest BCUT2D eigenvalue weighted by molar-refractivity contribution is 5.71. The average Bonchev–Trinajstić information content (AvgIpc) is 0.773. The molecule has 0 aliphatic heterocycles. The lowest BCUT2D eigenvalue weighted by Crippen LogP contribution is -2.44. The van der Waals surface area contributed by atoms with Gasteiger partial charge in [-0.25, -0.2) is 14.4 Å². The number of hydrogen-bond acceptors (Lipinski definition) is 15. The lowest BCUT2D eigenvalue weighted by Gasteiger charge is -2.36. The number of carbonyl (C=O) groups excluding carboxylic acids is 3. The lowest BCUT2D eigenvalue weighted by atomic mass is 9.70. The number of rotatable bonds is 33. The summed E-state index contributed by atoms with van der Waals surface area (Å²) in [4.78, 5) is 38.0. The zero-order valence-corrected chi connectivity index (χ0v) is 65.4. The van der Waals surface area contributed by atoms with Crippen molar-refractivity contribution in [2.75, 3.05) is 60.8 Å². The molecule has 1 unspecified atom stereocenters. The van der Waals surface area contributed by atoms with Crippen LogP contribution < -0.4 is 53.8 Å². The van der Waals surface area contributed by atoms with Gasteiger partial charge in [-0.2, -0.15) is 0 Å². The molecule has 10 aromatic rings. The number of benzene rings is 10. The number of methoxy groups -OCH3 is 3. The summed E-state index contributed by atoms with van der Waals surface area (Å²) in [5.74, 6) is -2.55. The van der Waals surface area contributed by atoms with E-state index in [1.54, 1.807) is 110 Å². The molecule has 123 heavy (non-hydrogen) atoms. The van der Waals surface area contributed by atoms with Gasteiger partial charge >= 0.3 is 56.5 Å². The van der Waals surface area contributed by atoms with E-state index in [9.17, 15) is 93.4 Å². The molecule has 10 aromatic carbocycles. The van der Waals surface area contributed by atoms with Crippen LogP contribution in [0.25, 0.3) is 0 Å². The van der Waals surface area contributed by atoms with E-state index < -0.39 is 107 Å². The molecule has 1 atom stereocenters. The quantitative estimate of drug-likeness (QED) is 0.0259. The summed E-state index contributed by atoms with van der Waals surface area (Å²) >= 11 is 0. The van der Waals surface area contributed by atoms with Gasteiger partial charge in [0.1, 0.15) is 52.6 Å². The van der Waals surface area contributed by atoms with Crippen molar-refractivity contribution in [3.05, 3.63) is 311 Å². The summed E-state index contributed by atoms with van der Waals surface area (Å²) in [5, 5.41) is 7.87. The largest absolute Gasteiger partial charge is 0.573 e. The maximum absolute atomic E-state index is 13.1. The van der Waals surface area contributed by atoms with Crippen LogP contribution in [0.4, 0.5) is 93.4 Å². The van der Waals surface area contributed by atoms with Crippen LogP contribution in [-0.2, 0) is 54.5 Å². The molecule has 0 heterocycles. The first-order chi connectivity index (χ1) is 58.0. The molecule has 3 amide bonds. The topological polar surface area (TPSA) is 198 Å². The summed E-state index contributed by atoms with van der Waals surface area (Å²) in [6, 6.07) is 62.7. The van der Waals surface area contributed by atoms with E-state index in [4.69, 9.17) is 28.4 Å². The molecule has 36 heteroatoms. The van der Waals surface area contributed by atoms with Crippen LogP contribution in [-0.4, -0.2) is 123 Å². The van der Waals surface area contributed by atoms with Crippen LogP contribution >= 0.6 is 0 Å². The summed E-state index contributed by atoms with van der Waals surface area (Å²) in [6.07, 6.45) is -32.1. The Morgan fingerprint density at radius 2 is 0.545 bits per heavy atom. The van der Waals surface area contributed by atoms with Crippen LogP contribution in [0.3, 0.4) is 0 Å². The van der Waals surface area contributed by atoms with E-state index in [1.165, 1.54) is 106 Å². The zero-order valence-electron chi connectivity index (χ0n) is 65.4. The van der Waals surface area contributed by atoms with Crippen LogP contribution in [0.2, 0.25) is 0 Å². The van der Waals surface area contributed by atoms with Gasteiger partial charge in [0.15, 0.2) is 0 Å². The van der Waals surface area contributed by atoms with Crippen molar-refractivity contribution in [3.8, 4) is 46.0 Å². The molecule has 10 rings (SSSR count). The van der Waals surface area contributed by atoms with Gasteiger partial charge in [-0.05, 0) is 173 Å². The third kappa shape index (κ3) is 31.7. The highest BCUT2D eigenvalue weighted by Gasteiger charge is 2.44. The van der Waals surface area contributed by atoms with Crippen LogP contribution in [0.5, 0.6) is 46.0 Å². The minimum absolute atomic E-state index is 0.0241. The van der Waals surface area contributed by atoms with Gasteiger partial charge in [-0.15, -0.1) is 79.0 Å². The lowest BCUT2D eigenvalue weighted by molar-refractivity contribution is -0.275. The standard InChI is InChI=1S/C31H25F6NO5.C29H29F6NO5.C27H25F6NO5/c1-40-24-13-15-25(16-14-24)41-28(39)38-20-29(19-21-7-3-2-4-8-21,22-9-5-11-26(17-22)42-30(32,33)34)23-10-6-12-27(18-23)43-31(35,36)37;1-20(38-2)14-15-39-26(37)36-19-27(18-21-8-4-3-5-9-21,22-10-6-12-24(16-22)40-28(30,31)32)23-11-7-13-25(17-23)41-29(33,34)35;1-36-13-14-37-24(35)34-18-25(17-19-7-3-2-4-8-19,20-9-5-11-22(15-20)38-26(28,29)30)21-10-6-12-23(16-21)39-27(31,32)33/h2-18H,19-20H2,1H3,(H,38,39);3-13,16-17,20H,14-15,18-19H2,1-2H3,(H,36,37);2-12,15-16H,13-14,17-18H2,1H3,(H,34,35). The molecule has 18 nitrogen and oxygen atoms in total. The third-order valence-electron chi connectivity index (χ3n) is 18.3. The number of amides is 3. The van der Waals surface area contributed by atoms with Crippen LogP contribution in [0, 0.1) is 0 Å². The van der Waals surface area contributed by atoms with Gasteiger partial charge in [-0.1, -0.05) is 164 Å². The maximum Gasteiger partial charge on any atom is 0.573 e. The first-order valence-electron chi connectivity index (χ1n) is 36.8. The second-order valence-corrected chi connectivity index (χ2v) is 26.9. The number of hydrogen-bond donors (Lipinski definition) is 3. The van der Waals surface area contributed by atoms with Crippen molar-refractivity contribution in [3.63, 3.8) is 0 Å². The van der Waals surface area contributed by atoms with Crippen LogP contribution in [0.1, 0.15) is 63.4 Å². The van der Waals surface area contributed by atoms with Gasteiger partial charge in [0.05, 0.1) is 26.4 Å². The van der Waals surface area contributed by atoms with Crippen molar-refractivity contribution in [1.82, 2.24) is 16.0 Å². The molecule has 0 aromatic heterocycles. The van der Waals surface area contributed by atoms with E-state index in [2.05, 4.69) is 44.4 Å². The fourth-order valence-corrected chi connectivity index (χ4v) is 12.9.